The third kappa shape index (κ3) is 3.76. The number of thiazole rings is 1. The van der Waals surface area contributed by atoms with Gasteiger partial charge < -0.3 is 15.1 Å². The largest absolute Gasteiger partial charge is 0.395 e. The molecular weight excluding hydrogens is 324 g/mol. The Kier molecular flexibility index (Phi) is 5.47. The molecule has 24 heavy (non-hydrogen) atoms. The number of anilines is 1. The SMILES string of the molecule is OCCN(CCO)c1ccccc1N=Nc1nc2ccccc2s1. The number of hydrogen-bond donors (Lipinski definition) is 2. The minimum absolute atomic E-state index is 0.00332. The Morgan fingerprint density at radius 1 is 0.917 bits per heavy atom. The van der Waals surface area contributed by atoms with Crippen molar-refractivity contribution in [3.63, 3.8) is 0 Å². The number of rotatable bonds is 7. The molecule has 0 bridgehead atoms. The van der Waals surface area contributed by atoms with Gasteiger partial charge >= 0.3 is 0 Å². The summed E-state index contributed by atoms with van der Waals surface area (Å²) in [6, 6.07) is 15.4. The summed E-state index contributed by atoms with van der Waals surface area (Å²) in [5.41, 5.74) is 2.41. The standard InChI is InChI=1S/C17H18N4O2S/c22-11-9-21(10-12-23)15-7-3-1-5-13(15)19-20-17-18-14-6-2-4-8-16(14)24-17/h1-8,22-23H,9-12H2. The van der Waals surface area contributed by atoms with Crippen molar-refractivity contribution in [2.24, 2.45) is 10.2 Å². The molecule has 7 heteroatoms. The Balaban J connectivity index is 1.88. The molecule has 0 aliphatic rings. The van der Waals surface area contributed by atoms with Gasteiger partial charge in [0.25, 0.3) is 0 Å². The summed E-state index contributed by atoms with van der Waals surface area (Å²) in [6.07, 6.45) is 0. The smallest absolute Gasteiger partial charge is 0.231 e. The molecule has 0 unspecified atom stereocenters. The number of nitrogens with zero attached hydrogens (tertiary/aromatic N) is 4. The van der Waals surface area contributed by atoms with Gasteiger partial charge in [-0.25, -0.2) is 4.98 Å². The first-order valence-corrected chi connectivity index (χ1v) is 8.46. The van der Waals surface area contributed by atoms with Crippen molar-refractivity contribution >= 4 is 38.1 Å². The predicted octanol–water partition coefficient (Wildman–Crippen LogP) is 3.50. The molecule has 2 aromatic carbocycles. The highest BCUT2D eigenvalue weighted by atomic mass is 32.1. The zero-order valence-electron chi connectivity index (χ0n) is 13.0. The molecule has 0 saturated heterocycles. The van der Waals surface area contributed by atoms with E-state index in [0.29, 0.717) is 23.9 Å². The number of aliphatic hydroxyl groups is 2. The molecule has 0 saturated carbocycles. The molecule has 0 radical (unpaired) electrons. The summed E-state index contributed by atoms with van der Waals surface area (Å²) in [5, 5.41) is 27.6. The van der Waals surface area contributed by atoms with Crippen LogP contribution in [0.15, 0.2) is 58.8 Å². The Morgan fingerprint density at radius 3 is 2.38 bits per heavy atom. The lowest BCUT2D eigenvalue weighted by Crippen LogP contribution is -2.29. The van der Waals surface area contributed by atoms with Crippen LogP contribution in [0.2, 0.25) is 0 Å². The predicted molar refractivity (Wildman–Crippen MR) is 96.6 cm³/mol. The van der Waals surface area contributed by atoms with Crippen molar-refractivity contribution in [3.05, 3.63) is 48.5 Å². The van der Waals surface area contributed by atoms with E-state index < -0.39 is 0 Å². The van der Waals surface area contributed by atoms with E-state index in [4.69, 9.17) is 0 Å². The van der Waals surface area contributed by atoms with Gasteiger partial charge in [0, 0.05) is 13.1 Å². The minimum atomic E-state index is 0.00332. The Hall–Kier alpha value is -2.35. The Morgan fingerprint density at radius 2 is 1.62 bits per heavy atom. The number of para-hydroxylation sites is 2. The second kappa shape index (κ2) is 7.96. The summed E-state index contributed by atoms with van der Waals surface area (Å²) < 4.78 is 1.07. The molecule has 0 spiro atoms. The highest BCUT2D eigenvalue weighted by Crippen LogP contribution is 2.32. The van der Waals surface area contributed by atoms with Gasteiger partial charge in [-0.3, -0.25) is 0 Å². The summed E-state index contributed by atoms with van der Waals surface area (Å²) in [4.78, 5) is 6.32. The number of aliphatic hydroxyl groups excluding tert-OH is 2. The first-order valence-electron chi connectivity index (χ1n) is 7.65. The fourth-order valence-corrected chi connectivity index (χ4v) is 3.20. The molecule has 124 valence electrons. The summed E-state index contributed by atoms with van der Waals surface area (Å²) in [7, 11) is 0. The molecule has 6 nitrogen and oxygen atoms in total. The average molecular weight is 342 g/mol. The highest BCUT2D eigenvalue weighted by Gasteiger charge is 2.10. The summed E-state index contributed by atoms with van der Waals surface area (Å²) >= 11 is 1.49. The lowest BCUT2D eigenvalue weighted by Gasteiger charge is -2.23. The van der Waals surface area contributed by atoms with Gasteiger partial charge in [0.15, 0.2) is 0 Å². The fourth-order valence-electron chi connectivity index (χ4n) is 2.41. The minimum Gasteiger partial charge on any atom is -0.395 e. The maximum absolute atomic E-state index is 9.22. The third-order valence-electron chi connectivity index (χ3n) is 3.49. The molecular formula is C17H18N4O2S. The quantitative estimate of drug-likeness (QED) is 0.644. The van der Waals surface area contributed by atoms with Crippen LogP contribution in [0.1, 0.15) is 0 Å². The number of aromatic nitrogens is 1. The fraction of sp³-hybridized carbons (Fsp3) is 0.235. The lowest BCUT2D eigenvalue weighted by atomic mass is 10.2. The van der Waals surface area contributed by atoms with Crippen molar-refractivity contribution in [1.29, 1.82) is 0 Å². The zero-order chi connectivity index (χ0) is 16.8. The van der Waals surface area contributed by atoms with Gasteiger partial charge in [0.1, 0.15) is 5.69 Å². The van der Waals surface area contributed by atoms with E-state index in [1.54, 1.807) is 0 Å². The van der Waals surface area contributed by atoms with Crippen molar-refractivity contribution in [1.82, 2.24) is 4.98 Å². The van der Waals surface area contributed by atoms with Gasteiger partial charge in [-0.05, 0) is 24.3 Å². The topological polar surface area (TPSA) is 81.3 Å². The van der Waals surface area contributed by atoms with Crippen molar-refractivity contribution < 1.29 is 10.2 Å². The van der Waals surface area contributed by atoms with Crippen LogP contribution in [0.3, 0.4) is 0 Å². The molecule has 0 aliphatic carbocycles. The van der Waals surface area contributed by atoms with Crippen LogP contribution in [-0.4, -0.2) is 41.5 Å². The van der Waals surface area contributed by atoms with E-state index in [1.807, 2.05) is 53.4 Å². The number of hydrogen-bond acceptors (Lipinski definition) is 7. The van der Waals surface area contributed by atoms with Crippen LogP contribution < -0.4 is 4.90 Å². The van der Waals surface area contributed by atoms with Crippen LogP contribution in [0, 0.1) is 0 Å². The maximum atomic E-state index is 9.22. The first kappa shape index (κ1) is 16.5. The van der Waals surface area contributed by atoms with Crippen LogP contribution >= 0.6 is 11.3 Å². The Labute approximate surface area is 143 Å². The van der Waals surface area contributed by atoms with Crippen LogP contribution in [0.25, 0.3) is 10.2 Å². The molecule has 0 aliphatic heterocycles. The Bertz CT molecular complexity index is 795. The second-order valence-electron chi connectivity index (χ2n) is 5.09. The summed E-state index contributed by atoms with van der Waals surface area (Å²) in [6.45, 7) is 0.856. The molecule has 2 N–H and O–H groups in total. The van der Waals surface area contributed by atoms with Gasteiger partial charge in [0.05, 0.1) is 29.1 Å². The zero-order valence-corrected chi connectivity index (χ0v) is 13.9. The van der Waals surface area contributed by atoms with Gasteiger partial charge in [-0.1, -0.05) is 35.6 Å². The molecule has 0 atom stereocenters. The van der Waals surface area contributed by atoms with E-state index in [-0.39, 0.29) is 13.2 Å². The van der Waals surface area contributed by atoms with E-state index in [2.05, 4.69) is 15.2 Å². The van der Waals surface area contributed by atoms with Crippen molar-refractivity contribution in [2.75, 3.05) is 31.2 Å². The third-order valence-corrected chi connectivity index (χ3v) is 4.41. The molecule has 1 heterocycles. The van der Waals surface area contributed by atoms with E-state index >= 15 is 0 Å². The van der Waals surface area contributed by atoms with Crippen molar-refractivity contribution in [2.45, 2.75) is 0 Å². The lowest BCUT2D eigenvalue weighted by molar-refractivity contribution is 0.281. The normalized spacial score (nSPS) is 11.4. The van der Waals surface area contributed by atoms with Gasteiger partial charge in [-0.15, -0.1) is 10.2 Å². The van der Waals surface area contributed by atoms with E-state index in [9.17, 15) is 10.2 Å². The number of fused-ring (bicyclic) bond motifs is 1. The molecule has 1 aromatic heterocycles. The van der Waals surface area contributed by atoms with E-state index in [1.165, 1.54) is 11.3 Å². The highest BCUT2D eigenvalue weighted by molar-refractivity contribution is 7.21. The van der Waals surface area contributed by atoms with E-state index in [0.717, 1.165) is 15.9 Å². The molecule has 0 fully saturated rings. The van der Waals surface area contributed by atoms with Crippen molar-refractivity contribution in [3.8, 4) is 0 Å². The average Bonchev–Trinajstić information content (AvgIpc) is 3.03. The first-order chi connectivity index (χ1) is 11.8. The summed E-state index contributed by atoms with van der Waals surface area (Å²) in [5.74, 6) is 0. The van der Waals surface area contributed by atoms with Crippen LogP contribution in [0.5, 0.6) is 0 Å². The molecule has 3 aromatic rings. The molecule has 3 rings (SSSR count). The number of benzene rings is 2. The van der Waals surface area contributed by atoms with Gasteiger partial charge in [-0.2, -0.15) is 0 Å². The van der Waals surface area contributed by atoms with Crippen LogP contribution in [-0.2, 0) is 0 Å². The monoisotopic (exact) mass is 342 g/mol. The second-order valence-corrected chi connectivity index (χ2v) is 6.10. The molecule has 0 amide bonds. The maximum Gasteiger partial charge on any atom is 0.231 e. The van der Waals surface area contributed by atoms with Crippen LogP contribution in [0.4, 0.5) is 16.5 Å². The number of azo groups is 1. The van der Waals surface area contributed by atoms with Gasteiger partial charge in [0.2, 0.25) is 5.13 Å².